The molecule has 0 saturated carbocycles. The molecule has 1 aromatic heterocycles. The van der Waals surface area contributed by atoms with Gasteiger partial charge in [0.05, 0.1) is 0 Å². The Balaban J connectivity index is 1.52. The second kappa shape index (κ2) is 9.19. The van der Waals surface area contributed by atoms with Crippen LogP contribution < -0.4 is 14.7 Å². The first-order chi connectivity index (χ1) is 14.5. The quantitative estimate of drug-likeness (QED) is 0.617. The van der Waals surface area contributed by atoms with E-state index < -0.39 is 10.2 Å². The molecule has 0 aliphatic carbocycles. The minimum atomic E-state index is -3.40. The summed E-state index contributed by atoms with van der Waals surface area (Å²) < 4.78 is 28.8. The lowest BCUT2D eigenvalue weighted by Gasteiger charge is -2.36. The molecule has 30 heavy (non-hydrogen) atoms. The fourth-order valence-electron chi connectivity index (χ4n) is 4.43. The molecule has 0 N–H and O–H groups in total. The van der Waals surface area contributed by atoms with Crippen LogP contribution in [0.3, 0.4) is 0 Å². The van der Waals surface area contributed by atoms with Crippen LogP contribution in [0.1, 0.15) is 39.5 Å². The van der Waals surface area contributed by atoms with Gasteiger partial charge in [0.2, 0.25) is 17.8 Å². The zero-order valence-corrected chi connectivity index (χ0v) is 19.0. The van der Waals surface area contributed by atoms with Gasteiger partial charge in [-0.1, -0.05) is 13.8 Å². The summed E-state index contributed by atoms with van der Waals surface area (Å²) in [4.78, 5) is 21.0. The van der Waals surface area contributed by atoms with Gasteiger partial charge in [-0.3, -0.25) is 0 Å². The maximum absolute atomic E-state index is 12.8. The van der Waals surface area contributed by atoms with Crippen molar-refractivity contribution in [2.24, 2.45) is 0 Å². The zero-order valence-electron chi connectivity index (χ0n) is 18.2. The summed E-state index contributed by atoms with van der Waals surface area (Å²) in [6, 6.07) is 0. The Kier molecular flexibility index (Phi) is 6.59. The van der Waals surface area contributed by atoms with Crippen molar-refractivity contribution in [1.82, 2.24) is 23.6 Å². The van der Waals surface area contributed by atoms with Crippen molar-refractivity contribution in [2.75, 3.05) is 80.1 Å². The van der Waals surface area contributed by atoms with Gasteiger partial charge in [0.1, 0.15) is 0 Å². The molecular formula is C19H34N8O2S. The minimum absolute atomic E-state index is 0.447. The van der Waals surface area contributed by atoms with Crippen LogP contribution in [-0.2, 0) is 10.2 Å². The number of rotatable bonds is 7. The van der Waals surface area contributed by atoms with Crippen LogP contribution in [0.25, 0.3) is 0 Å². The van der Waals surface area contributed by atoms with Gasteiger partial charge in [-0.25, -0.2) is 0 Å². The first-order valence-electron chi connectivity index (χ1n) is 11.3. The standard InChI is InChI=1S/C19H34N8O2S/c1-3-26(4-2)30(28,29)27-15-13-25(14-16-27)19-21-17(23-9-5-6-10-23)20-18(22-19)24-11-7-8-12-24/h3-16H2,1-2H3. The van der Waals surface area contributed by atoms with E-state index in [9.17, 15) is 8.42 Å². The molecule has 0 amide bonds. The summed E-state index contributed by atoms with van der Waals surface area (Å²) in [6.45, 7) is 10.7. The predicted octanol–water partition coefficient (Wildman–Crippen LogP) is 0.781. The van der Waals surface area contributed by atoms with E-state index in [-0.39, 0.29) is 0 Å². The summed E-state index contributed by atoms with van der Waals surface area (Å²) in [5.74, 6) is 2.20. The number of nitrogens with zero attached hydrogens (tertiary/aromatic N) is 8. The van der Waals surface area contributed by atoms with Gasteiger partial charge in [0.25, 0.3) is 10.2 Å². The van der Waals surface area contributed by atoms with Crippen LogP contribution >= 0.6 is 0 Å². The van der Waals surface area contributed by atoms with Crippen molar-refractivity contribution in [3.8, 4) is 0 Å². The molecule has 10 nitrogen and oxygen atoms in total. The molecule has 3 fully saturated rings. The second-order valence-electron chi connectivity index (χ2n) is 8.10. The third-order valence-corrected chi connectivity index (χ3v) is 8.44. The van der Waals surface area contributed by atoms with Crippen molar-refractivity contribution in [3.63, 3.8) is 0 Å². The molecule has 3 aliphatic rings. The lowest BCUT2D eigenvalue weighted by Crippen LogP contribution is -2.53. The maximum atomic E-state index is 12.8. The molecule has 4 heterocycles. The third-order valence-electron chi connectivity index (χ3n) is 6.26. The Morgan fingerprint density at radius 3 is 1.40 bits per heavy atom. The van der Waals surface area contributed by atoms with Crippen LogP contribution in [-0.4, -0.2) is 97.4 Å². The molecule has 0 spiro atoms. The average Bonchev–Trinajstić information content (AvgIpc) is 3.48. The summed E-state index contributed by atoms with van der Waals surface area (Å²) in [7, 11) is -3.40. The van der Waals surface area contributed by atoms with Crippen molar-refractivity contribution in [3.05, 3.63) is 0 Å². The molecule has 168 valence electrons. The molecule has 0 bridgehead atoms. The number of anilines is 3. The van der Waals surface area contributed by atoms with Crippen molar-refractivity contribution in [2.45, 2.75) is 39.5 Å². The van der Waals surface area contributed by atoms with E-state index in [0.29, 0.717) is 45.2 Å². The first-order valence-corrected chi connectivity index (χ1v) is 12.7. The average molecular weight is 439 g/mol. The molecule has 11 heteroatoms. The molecule has 4 rings (SSSR count). The van der Waals surface area contributed by atoms with Crippen molar-refractivity contribution < 1.29 is 8.42 Å². The van der Waals surface area contributed by atoms with Crippen LogP contribution in [0.15, 0.2) is 0 Å². The number of piperazine rings is 1. The zero-order chi connectivity index (χ0) is 21.1. The largest absolute Gasteiger partial charge is 0.341 e. The third kappa shape index (κ3) is 4.33. The Morgan fingerprint density at radius 1 is 0.667 bits per heavy atom. The summed E-state index contributed by atoms with van der Waals surface area (Å²) in [5, 5.41) is 0. The van der Waals surface area contributed by atoms with Gasteiger partial charge in [-0.2, -0.15) is 32.0 Å². The molecule has 1 aromatic rings. The van der Waals surface area contributed by atoms with E-state index in [1.165, 1.54) is 30.0 Å². The number of hydrogen-bond donors (Lipinski definition) is 0. The molecule has 0 unspecified atom stereocenters. The first kappa shape index (κ1) is 21.5. The van der Waals surface area contributed by atoms with E-state index in [2.05, 4.69) is 14.7 Å². The van der Waals surface area contributed by atoms with E-state index in [0.717, 1.165) is 38.1 Å². The SMILES string of the molecule is CCN(CC)S(=O)(=O)N1CCN(c2nc(N3CCCC3)nc(N3CCCC3)n2)CC1. The van der Waals surface area contributed by atoms with Crippen LogP contribution in [0.4, 0.5) is 17.8 Å². The van der Waals surface area contributed by atoms with Gasteiger partial charge in [-0.05, 0) is 25.7 Å². The van der Waals surface area contributed by atoms with E-state index >= 15 is 0 Å². The highest BCUT2D eigenvalue weighted by molar-refractivity contribution is 7.86. The Morgan fingerprint density at radius 2 is 1.03 bits per heavy atom. The molecule has 0 aromatic carbocycles. The molecule has 3 saturated heterocycles. The van der Waals surface area contributed by atoms with E-state index in [1.807, 2.05) is 13.8 Å². The van der Waals surface area contributed by atoms with E-state index in [4.69, 9.17) is 15.0 Å². The highest BCUT2D eigenvalue weighted by atomic mass is 32.2. The number of aromatic nitrogens is 3. The van der Waals surface area contributed by atoms with Crippen LogP contribution in [0, 0.1) is 0 Å². The van der Waals surface area contributed by atoms with Gasteiger partial charge < -0.3 is 14.7 Å². The molecule has 3 aliphatic heterocycles. The Hall–Kier alpha value is -1.72. The highest BCUT2D eigenvalue weighted by Crippen LogP contribution is 2.25. The highest BCUT2D eigenvalue weighted by Gasteiger charge is 2.32. The van der Waals surface area contributed by atoms with Crippen molar-refractivity contribution in [1.29, 1.82) is 0 Å². The number of hydrogen-bond acceptors (Lipinski definition) is 8. The lowest BCUT2D eigenvalue weighted by molar-refractivity contribution is 0.333. The molecule has 0 atom stereocenters. The van der Waals surface area contributed by atoms with Gasteiger partial charge in [0, 0.05) is 65.4 Å². The topological polar surface area (TPSA) is 89.0 Å². The lowest BCUT2D eigenvalue weighted by atomic mass is 10.4. The Labute approximate surface area is 180 Å². The normalized spacial score (nSPS) is 21.2. The fraction of sp³-hybridized carbons (Fsp3) is 0.842. The van der Waals surface area contributed by atoms with Crippen LogP contribution in [0.2, 0.25) is 0 Å². The minimum Gasteiger partial charge on any atom is -0.341 e. The summed E-state index contributed by atoms with van der Waals surface area (Å²) in [6.07, 6.45) is 4.67. The van der Waals surface area contributed by atoms with Gasteiger partial charge >= 0.3 is 0 Å². The van der Waals surface area contributed by atoms with Crippen LogP contribution in [0.5, 0.6) is 0 Å². The van der Waals surface area contributed by atoms with Crippen molar-refractivity contribution >= 4 is 28.1 Å². The predicted molar refractivity (Wildman–Crippen MR) is 118 cm³/mol. The monoisotopic (exact) mass is 438 g/mol. The van der Waals surface area contributed by atoms with Gasteiger partial charge in [0.15, 0.2) is 0 Å². The maximum Gasteiger partial charge on any atom is 0.282 e. The Bertz CT molecular complexity index is 778. The molecule has 0 radical (unpaired) electrons. The van der Waals surface area contributed by atoms with Gasteiger partial charge in [-0.15, -0.1) is 0 Å². The summed E-state index contributed by atoms with van der Waals surface area (Å²) >= 11 is 0. The smallest absolute Gasteiger partial charge is 0.282 e. The molecular weight excluding hydrogens is 404 g/mol. The van der Waals surface area contributed by atoms with E-state index in [1.54, 1.807) is 4.31 Å². The second-order valence-corrected chi connectivity index (χ2v) is 10.0. The summed E-state index contributed by atoms with van der Waals surface area (Å²) in [5.41, 5.74) is 0. The fourth-order valence-corrected chi connectivity index (χ4v) is 6.04.